The molecule has 1 amide bonds. The van der Waals surface area contributed by atoms with Crippen LogP contribution in [0, 0.1) is 0 Å². The van der Waals surface area contributed by atoms with E-state index in [1.807, 2.05) is 37.3 Å². The van der Waals surface area contributed by atoms with Crippen LogP contribution in [0.25, 0.3) is 0 Å². The molecular formula is C27H31N5O2. The standard InChI is InChI=1S/C27H31N5O2/c1-20(21-11-13-23(14-12-21)31-17-7-4-8-18-31)29-25-28-16-15-24(30-25)32-26(33)34-19-27(32,2)22-9-5-3-6-10-22/h3,5-6,9-16,20H,4,7-8,17-19H2,1-2H3,(H,28,29,30). The highest BCUT2D eigenvalue weighted by Crippen LogP contribution is 2.37. The quantitative estimate of drug-likeness (QED) is 0.526. The third-order valence-corrected chi connectivity index (χ3v) is 6.88. The van der Waals surface area contributed by atoms with E-state index < -0.39 is 11.6 Å². The van der Waals surface area contributed by atoms with E-state index in [4.69, 9.17) is 4.74 Å². The van der Waals surface area contributed by atoms with Gasteiger partial charge in [0.1, 0.15) is 18.0 Å². The Labute approximate surface area is 200 Å². The van der Waals surface area contributed by atoms with Crippen molar-refractivity contribution in [3.05, 3.63) is 78.0 Å². The lowest BCUT2D eigenvalue weighted by molar-refractivity contribution is 0.174. The third-order valence-electron chi connectivity index (χ3n) is 6.88. The summed E-state index contributed by atoms with van der Waals surface area (Å²) in [6.45, 7) is 6.62. The van der Waals surface area contributed by atoms with E-state index >= 15 is 0 Å². The maximum absolute atomic E-state index is 12.7. The average Bonchev–Trinajstić information content (AvgIpc) is 3.20. The maximum Gasteiger partial charge on any atom is 0.416 e. The van der Waals surface area contributed by atoms with Crippen molar-refractivity contribution in [1.29, 1.82) is 0 Å². The number of anilines is 3. The Balaban J connectivity index is 1.33. The van der Waals surface area contributed by atoms with Gasteiger partial charge in [0, 0.05) is 25.0 Å². The zero-order valence-corrected chi connectivity index (χ0v) is 19.8. The number of nitrogens with zero attached hydrogens (tertiary/aromatic N) is 4. The Hall–Kier alpha value is -3.61. The van der Waals surface area contributed by atoms with Gasteiger partial charge in [0.2, 0.25) is 5.95 Å². The van der Waals surface area contributed by atoms with Crippen LogP contribution in [0.1, 0.15) is 50.3 Å². The number of cyclic esters (lactones) is 1. The van der Waals surface area contributed by atoms with Crippen molar-refractivity contribution in [2.45, 2.75) is 44.7 Å². The minimum Gasteiger partial charge on any atom is -0.446 e. The number of carbonyl (C=O) groups is 1. The molecule has 7 heteroatoms. The molecule has 3 heterocycles. The molecule has 2 fully saturated rings. The van der Waals surface area contributed by atoms with Gasteiger partial charge < -0.3 is 15.0 Å². The summed E-state index contributed by atoms with van der Waals surface area (Å²) in [7, 11) is 0. The van der Waals surface area contributed by atoms with Gasteiger partial charge in [0.15, 0.2) is 0 Å². The molecule has 2 aliphatic heterocycles. The molecule has 0 radical (unpaired) electrons. The van der Waals surface area contributed by atoms with Crippen LogP contribution < -0.4 is 15.1 Å². The molecule has 0 saturated carbocycles. The summed E-state index contributed by atoms with van der Waals surface area (Å²) in [6, 6.07) is 20.4. The van der Waals surface area contributed by atoms with Crippen LogP contribution in [0.4, 0.5) is 22.2 Å². The Bertz CT molecular complexity index is 1130. The fourth-order valence-corrected chi connectivity index (χ4v) is 4.83. The topological polar surface area (TPSA) is 70.6 Å². The zero-order valence-electron chi connectivity index (χ0n) is 19.8. The van der Waals surface area contributed by atoms with E-state index in [1.54, 1.807) is 17.2 Å². The molecule has 2 atom stereocenters. The highest BCUT2D eigenvalue weighted by Gasteiger charge is 2.46. The van der Waals surface area contributed by atoms with Crippen LogP contribution in [-0.2, 0) is 10.3 Å². The lowest BCUT2D eigenvalue weighted by Crippen LogP contribution is -2.42. The summed E-state index contributed by atoms with van der Waals surface area (Å²) < 4.78 is 5.44. The second-order valence-electron chi connectivity index (χ2n) is 9.27. The molecule has 2 aliphatic rings. The fourth-order valence-electron chi connectivity index (χ4n) is 4.83. The van der Waals surface area contributed by atoms with Gasteiger partial charge in [0.25, 0.3) is 0 Å². The van der Waals surface area contributed by atoms with E-state index in [2.05, 4.69) is 51.4 Å². The molecule has 34 heavy (non-hydrogen) atoms. The lowest BCUT2D eigenvalue weighted by Gasteiger charge is -2.31. The van der Waals surface area contributed by atoms with Gasteiger partial charge in [-0.1, -0.05) is 42.5 Å². The SMILES string of the molecule is CC(Nc1nccc(N2C(=O)OCC2(C)c2ccccc2)n1)c1ccc(N2CCCCC2)cc1. The van der Waals surface area contributed by atoms with Crippen LogP contribution >= 0.6 is 0 Å². The molecular weight excluding hydrogens is 426 g/mol. The number of amides is 1. The first-order valence-electron chi connectivity index (χ1n) is 12.0. The number of rotatable bonds is 6. The number of nitrogens with one attached hydrogen (secondary N) is 1. The number of hydrogen-bond acceptors (Lipinski definition) is 6. The number of hydrogen-bond donors (Lipinski definition) is 1. The summed E-state index contributed by atoms with van der Waals surface area (Å²) in [4.78, 5) is 25.9. The van der Waals surface area contributed by atoms with Gasteiger partial charge in [-0.15, -0.1) is 0 Å². The number of ether oxygens (including phenoxy) is 1. The van der Waals surface area contributed by atoms with Crippen LogP contribution in [0.15, 0.2) is 66.9 Å². The third kappa shape index (κ3) is 4.30. The van der Waals surface area contributed by atoms with Crippen molar-refractivity contribution >= 4 is 23.5 Å². The Morgan fingerprint density at radius 3 is 2.47 bits per heavy atom. The summed E-state index contributed by atoms with van der Waals surface area (Å²) in [6.07, 6.45) is 5.13. The largest absolute Gasteiger partial charge is 0.446 e. The van der Waals surface area contributed by atoms with Crippen LogP contribution in [0.5, 0.6) is 0 Å². The summed E-state index contributed by atoms with van der Waals surface area (Å²) in [5.74, 6) is 0.985. The minimum atomic E-state index is -0.639. The Morgan fingerprint density at radius 2 is 1.74 bits per heavy atom. The van der Waals surface area contributed by atoms with Crippen LogP contribution in [0.2, 0.25) is 0 Å². The highest BCUT2D eigenvalue weighted by atomic mass is 16.6. The zero-order chi connectivity index (χ0) is 23.5. The van der Waals surface area contributed by atoms with Crippen molar-refractivity contribution < 1.29 is 9.53 Å². The first kappa shape index (κ1) is 22.2. The van der Waals surface area contributed by atoms with Gasteiger partial charge in [-0.2, -0.15) is 4.98 Å². The molecule has 5 rings (SSSR count). The summed E-state index contributed by atoms with van der Waals surface area (Å²) in [5.41, 5.74) is 2.79. The van der Waals surface area contributed by atoms with Crippen molar-refractivity contribution in [3.63, 3.8) is 0 Å². The maximum atomic E-state index is 12.7. The molecule has 2 unspecified atom stereocenters. The Morgan fingerprint density at radius 1 is 1.00 bits per heavy atom. The predicted octanol–water partition coefficient (Wildman–Crippen LogP) is 5.51. The summed E-state index contributed by atoms with van der Waals surface area (Å²) in [5, 5.41) is 3.39. The molecule has 7 nitrogen and oxygen atoms in total. The smallest absolute Gasteiger partial charge is 0.416 e. The average molecular weight is 458 g/mol. The van der Waals surface area contributed by atoms with Crippen LogP contribution in [0.3, 0.4) is 0 Å². The fraction of sp³-hybridized carbons (Fsp3) is 0.370. The number of carbonyl (C=O) groups excluding carboxylic acids is 1. The molecule has 0 aliphatic carbocycles. The first-order chi connectivity index (χ1) is 16.5. The van der Waals surface area contributed by atoms with E-state index in [0.29, 0.717) is 11.8 Å². The van der Waals surface area contributed by atoms with Gasteiger partial charge in [-0.25, -0.2) is 14.7 Å². The first-order valence-corrected chi connectivity index (χ1v) is 12.0. The minimum absolute atomic E-state index is 0.0108. The molecule has 176 valence electrons. The van der Waals surface area contributed by atoms with Gasteiger partial charge in [-0.05, 0) is 62.4 Å². The highest BCUT2D eigenvalue weighted by molar-refractivity contribution is 5.90. The number of piperidine rings is 1. The van der Waals surface area contributed by atoms with Gasteiger partial charge in [-0.3, -0.25) is 0 Å². The number of aromatic nitrogens is 2. The molecule has 0 spiro atoms. The Kier molecular flexibility index (Phi) is 6.09. The van der Waals surface area contributed by atoms with E-state index in [0.717, 1.165) is 24.2 Å². The van der Waals surface area contributed by atoms with E-state index in [-0.39, 0.29) is 12.6 Å². The monoisotopic (exact) mass is 457 g/mol. The van der Waals surface area contributed by atoms with E-state index in [9.17, 15) is 4.79 Å². The molecule has 0 bridgehead atoms. The van der Waals surface area contributed by atoms with Crippen molar-refractivity contribution in [1.82, 2.24) is 9.97 Å². The molecule has 2 saturated heterocycles. The summed E-state index contributed by atoms with van der Waals surface area (Å²) >= 11 is 0. The van der Waals surface area contributed by atoms with E-state index in [1.165, 1.54) is 24.9 Å². The van der Waals surface area contributed by atoms with Gasteiger partial charge in [0.05, 0.1) is 6.04 Å². The second-order valence-corrected chi connectivity index (χ2v) is 9.27. The van der Waals surface area contributed by atoms with Crippen LogP contribution in [-0.4, -0.2) is 35.8 Å². The molecule has 2 aromatic carbocycles. The normalized spacial score (nSPS) is 21.3. The van der Waals surface area contributed by atoms with Crippen molar-refractivity contribution in [2.24, 2.45) is 0 Å². The molecule has 1 aromatic heterocycles. The second kappa shape index (κ2) is 9.33. The lowest BCUT2D eigenvalue weighted by atomic mass is 9.92. The number of benzene rings is 2. The molecule has 1 N–H and O–H groups in total. The predicted molar refractivity (Wildman–Crippen MR) is 134 cm³/mol. The van der Waals surface area contributed by atoms with Crippen molar-refractivity contribution in [3.8, 4) is 0 Å². The van der Waals surface area contributed by atoms with Gasteiger partial charge >= 0.3 is 6.09 Å². The molecule has 3 aromatic rings. The van der Waals surface area contributed by atoms with Crippen molar-refractivity contribution in [2.75, 3.05) is 34.8 Å².